The van der Waals surface area contributed by atoms with Gasteiger partial charge in [-0.2, -0.15) is 8.78 Å². The molecule has 1 saturated heterocycles. The molecule has 176 valence electrons. The zero-order valence-electron chi connectivity index (χ0n) is 18.5. The smallest absolute Gasteiger partial charge is 0.343 e. The molecule has 0 radical (unpaired) electrons. The van der Waals surface area contributed by atoms with E-state index >= 15 is 0 Å². The average molecular weight is 466 g/mol. The van der Waals surface area contributed by atoms with E-state index in [1.807, 2.05) is 6.07 Å². The third-order valence-corrected chi connectivity index (χ3v) is 6.64. The Labute approximate surface area is 194 Å². The molecule has 5 rings (SSSR count). The van der Waals surface area contributed by atoms with Crippen molar-refractivity contribution in [1.82, 2.24) is 14.9 Å². The summed E-state index contributed by atoms with van der Waals surface area (Å²) in [5.41, 5.74) is 0.439. The molecule has 0 aliphatic carbocycles. The lowest BCUT2D eigenvalue weighted by Crippen LogP contribution is -2.49. The van der Waals surface area contributed by atoms with Gasteiger partial charge in [0.1, 0.15) is 5.82 Å². The fourth-order valence-electron chi connectivity index (χ4n) is 4.88. The van der Waals surface area contributed by atoms with Crippen LogP contribution in [0, 0.1) is 0 Å². The Morgan fingerprint density at radius 1 is 1.06 bits per heavy atom. The van der Waals surface area contributed by atoms with Crippen LogP contribution in [0.3, 0.4) is 0 Å². The van der Waals surface area contributed by atoms with Gasteiger partial charge in [0.15, 0.2) is 0 Å². The van der Waals surface area contributed by atoms with Crippen molar-refractivity contribution in [3.05, 3.63) is 70.3 Å². The van der Waals surface area contributed by atoms with E-state index in [1.165, 1.54) is 17.0 Å². The summed E-state index contributed by atoms with van der Waals surface area (Å²) in [6.07, 6.45) is 2.19. The molecule has 0 bridgehead atoms. The van der Waals surface area contributed by atoms with Crippen LogP contribution in [0.2, 0.25) is 0 Å². The molecule has 0 unspecified atom stereocenters. The van der Waals surface area contributed by atoms with E-state index in [4.69, 9.17) is 0 Å². The molecule has 3 aromatic rings. The topological polar surface area (TPSA) is 86.4 Å². The van der Waals surface area contributed by atoms with E-state index in [2.05, 4.69) is 9.97 Å². The number of fused-ring (bicyclic) bond motifs is 2. The van der Waals surface area contributed by atoms with Gasteiger partial charge in [0.05, 0.1) is 22.2 Å². The second-order valence-corrected chi connectivity index (χ2v) is 8.76. The van der Waals surface area contributed by atoms with Crippen LogP contribution in [0.1, 0.15) is 37.1 Å². The van der Waals surface area contributed by atoms with Gasteiger partial charge in [-0.3, -0.25) is 14.4 Å². The fraction of sp³-hybridized carbons (Fsp3) is 0.360. The van der Waals surface area contributed by atoms with E-state index < -0.39 is 11.8 Å². The van der Waals surface area contributed by atoms with Crippen molar-refractivity contribution in [2.24, 2.45) is 0 Å². The largest absolute Gasteiger partial charge is 0.352 e. The normalized spacial score (nSPS) is 17.9. The van der Waals surface area contributed by atoms with E-state index in [0.29, 0.717) is 61.9 Å². The van der Waals surface area contributed by atoms with Gasteiger partial charge < -0.3 is 14.8 Å². The number of nitrogens with one attached hydrogen (secondary N) is 1. The minimum absolute atomic E-state index is 0.0277. The van der Waals surface area contributed by atoms with Crippen LogP contribution in [0.4, 0.5) is 14.5 Å². The second-order valence-electron chi connectivity index (χ2n) is 8.76. The Balaban J connectivity index is 1.16. The number of aryl methyl sites for hydroxylation is 1. The molecule has 1 N–H and O–H groups in total. The van der Waals surface area contributed by atoms with Crippen LogP contribution < -0.4 is 10.5 Å². The monoisotopic (exact) mass is 466 g/mol. The second kappa shape index (κ2) is 8.62. The number of likely N-dealkylation sites (tertiary alicyclic amines) is 1. The maximum Gasteiger partial charge on any atom is 0.352 e. The molecule has 2 aromatic carbocycles. The highest BCUT2D eigenvalue weighted by atomic mass is 19.3. The minimum Gasteiger partial charge on any atom is -0.343 e. The number of benzene rings is 2. The number of piperidine rings is 1. The van der Waals surface area contributed by atoms with Crippen LogP contribution in [0.15, 0.2) is 53.3 Å². The molecule has 0 saturated carbocycles. The number of carbonyl (C=O) groups is 2. The number of hydrogen-bond acceptors (Lipinski definition) is 4. The molecule has 3 heterocycles. The highest BCUT2D eigenvalue weighted by Crippen LogP contribution is 2.45. The Hall–Kier alpha value is -3.62. The van der Waals surface area contributed by atoms with Crippen LogP contribution in [-0.4, -0.2) is 45.8 Å². The number of aromatic amines is 1. The van der Waals surface area contributed by atoms with Gasteiger partial charge in [0.2, 0.25) is 5.91 Å². The van der Waals surface area contributed by atoms with E-state index in [0.717, 1.165) is 0 Å². The van der Waals surface area contributed by atoms with Gasteiger partial charge in [-0.1, -0.05) is 30.3 Å². The predicted octanol–water partition coefficient (Wildman–Crippen LogP) is 3.38. The lowest BCUT2D eigenvalue weighted by molar-refractivity contribution is -0.142. The molecule has 9 heteroatoms. The molecule has 2 aliphatic heterocycles. The minimum atomic E-state index is -3.51. The van der Waals surface area contributed by atoms with Gasteiger partial charge in [0.25, 0.3) is 5.56 Å². The van der Waals surface area contributed by atoms with Crippen molar-refractivity contribution in [3.8, 4) is 0 Å². The molecular formula is C25H24F2N4O3. The van der Waals surface area contributed by atoms with Crippen molar-refractivity contribution in [1.29, 1.82) is 0 Å². The first kappa shape index (κ1) is 22.2. The first-order chi connectivity index (χ1) is 16.4. The number of rotatable bonds is 5. The molecule has 1 aromatic heterocycles. The summed E-state index contributed by atoms with van der Waals surface area (Å²) < 4.78 is 28.9. The molecule has 0 spiro atoms. The molecule has 34 heavy (non-hydrogen) atoms. The number of carbonyl (C=O) groups excluding carboxylic acids is 2. The van der Waals surface area contributed by atoms with Crippen molar-refractivity contribution >= 4 is 28.4 Å². The lowest BCUT2D eigenvalue weighted by Gasteiger charge is -2.37. The van der Waals surface area contributed by atoms with Crippen LogP contribution in [0.5, 0.6) is 0 Å². The molecule has 0 atom stereocenters. The van der Waals surface area contributed by atoms with Gasteiger partial charge in [0, 0.05) is 32.0 Å². The average Bonchev–Trinajstić information content (AvgIpc) is 3.04. The summed E-state index contributed by atoms with van der Waals surface area (Å²) in [4.78, 5) is 47.5. The van der Waals surface area contributed by atoms with E-state index in [-0.39, 0.29) is 28.8 Å². The van der Waals surface area contributed by atoms with Crippen molar-refractivity contribution in [2.45, 2.75) is 44.1 Å². The number of aromatic nitrogens is 2. The zero-order valence-corrected chi connectivity index (χ0v) is 18.5. The number of para-hydroxylation sites is 2. The number of hydrogen-bond donors (Lipinski definition) is 1. The summed E-state index contributed by atoms with van der Waals surface area (Å²) in [6, 6.07) is 12.7. The van der Waals surface area contributed by atoms with Gasteiger partial charge >= 0.3 is 11.8 Å². The first-order valence-electron chi connectivity index (χ1n) is 11.4. The maximum absolute atomic E-state index is 14.4. The van der Waals surface area contributed by atoms with E-state index in [9.17, 15) is 23.2 Å². The van der Waals surface area contributed by atoms with Crippen LogP contribution >= 0.6 is 0 Å². The summed E-state index contributed by atoms with van der Waals surface area (Å²) in [5.74, 6) is -4.18. The van der Waals surface area contributed by atoms with Crippen molar-refractivity contribution < 1.29 is 18.4 Å². The number of halogens is 2. The molecular weight excluding hydrogens is 442 g/mol. The maximum atomic E-state index is 14.4. The zero-order chi connectivity index (χ0) is 23.9. The molecule has 2 aliphatic rings. The molecule has 7 nitrogen and oxygen atoms in total. The lowest BCUT2D eigenvalue weighted by atomic mass is 10.0. The Bertz CT molecular complexity index is 1310. The third kappa shape index (κ3) is 3.85. The Morgan fingerprint density at radius 2 is 1.76 bits per heavy atom. The number of amides is 2. The summed E-state index contributed by atoms with van der Waals surface area (Å²) >= 11 is 0. The number of H-pyrrole nitrogens is 1. The van der Waals surface area contributed by atoms with Gasteiger partial charge in [-0.25, -0.2) is 4.98 Å². The summed E-state index contributed by atoms with van der Waals surface area (Å²) in [7, 11) is 0. The quantitative estimate of drug-likeness (QED) is 0.625. The highest BCUT2D eigenvalue weighted by Gasteiger charge is 2.54. The first-order valence-corrected chi connectivity index (χ1v) is 11.4. The SMILES string of the molecule is O=C(CCCc1nc2ccccc2c(=O)[nH]1)N1CCC(N2C(=O)C(F)(F)c3ccccc32)CC1. The van der Waals surface area contributed by atoms with Crippen molar-refractivity contribution in [2.75, 3.05) is 18.0 Å². The summed E-state index contributed by atoms with van der Waals surface area (Å²) in [5, 5.41) is 0.530. The van der Waals surface area contributed by atoms with Crippen molar-refractivity contribution in [3.63, 3.8) is 0 Å². The number of anilines is 1. The van der Waals surface area contributed by atoms with E-state index in [1.54, 1.807) is 35.2 Å². The van der Waals surface area contributed by atoms with Gasteiger partial charge in [-0.05, 0) is 37.5 Å². The summed E-state index contributed by atoms with van der Waals surface area (Å²) in [6.45, 7) is 0.818. The Morgan fingerprint density at radius 3 is 2.56 bits per heavy atom. The standard InChI is InChI=1S/C25H24F2N4O3/c26-25(27)18-7-2-4-9-20(18)31(24(25)34)16-12-14-30(15-13-16)22(32)11-5-10-21-28-19-8-3-1-6-17(19)23(33)29-21/h1-4,6-9,16H,5,10-15H2,(H,28,29,33). The molecule has 2 amide bonds. The van der Waals surface area contributed by atoms with Gasteiger partial charge in [-0.15, -0.1) is 0 Å². The molecule has 1 fully saturated rings. The Kier molecular flexibility index (Phi) is 5.63. The number of nitrogens with zero attached hydrogens (tertiary/aromatic N) is 3. The third-order valence-electron chi connectivity index (χ3n) is 6.64. The number of alkyl halides is 2. The van der Waals surface area contributed by atoms with Crippen LogP contribution in [-0.2, 0) is 21.9 Å². The fourth-order valence-corrected chi connectivity index (χ4v) is 4.88. The highest BCUT2D eigenvalue weighted by molar-refractivity contribution is 6.06. The van der Waals surface area contributed by atoms with Crippen LogP contribution in [0.25, 0.3) is 10.9 Å². The predicted molar refractivity (Wildman–Crippen MR) is 123 cm³/mol.